The molecule has 1 rings (SSSR count). The molecular weight excluding hydrogens is 678 g/mol. The molecule has 52 heavy (non-hydrogen) atoms. The summed E-state index contributed by atoms with van der Waals surface area (Å²) in [4.78, 5) is 28.1. The van der Waals surface area contributed by atoms with Crippen molar-refractivity contribution in [1.82, 2.24) is 4.90 Å². The zero-order chi connectivity index (χ0) is 37.9. The van der Waals surface area contributed by atoms with Gasteiger partial charge in [0.1, 0.15) is 18.3 Å². The first kappa shape index (κ1) is 51.2. The summed E-state index contributed by atoms with van der Waals surface area (Å²) >= 11 is 0. The predicted octanol–water partition coefficient (Wildman–Crippen LogP) is 8.85. The van der Waals surface area contributed by atoms with Gasteiger partial charge in [-0.05, 0) is 25.2 Å². The molecule has 1 amide bonds. The number of amides is 1. The highest BCUT2D eigenvalue weighted by Gasteiger charge is 2.56. The van der Waals surface area contributed by atoms with E-state index in [1.54, 1.807) is 0 Å². The molecule has 6 atom stereocenters. The third kappa shape index (κ3) is 21.3. The fourth-order valence-corrected chi connectivity index (χ4v) is 7.44. The summed E-state index contributed by atoms with van der Waals surface area (Å²) in [7, 11) is 0. The van der Waals surface area contributed by atoms with Gasteiger partial charge in [-0.15, -0.1) is 12.4 Å². The molecule has 1 heterocycles. The third-order valence-corrected chi connectivity index (χ3v) is 10.8. The van der Waals surface area contributed by atoms with E-state index in [0.717, 1.165) is 38.5 Å². The van der Waals surface area contributed by atoms with Gasteiger partial charge in [-0.3, -0.25) is 20.2 Å². The molecule has 1 aliphatic rings. The second-order valence-corrected chi connectivity index (χ2v) is 16.2. The summed E-state index contributed by atoms with van der Waals surface area (Å²) in [6, 6.07) is -0.744. The van der Waals surface area contributed by atoms with E-state index in [9.17, 15) is 24.9 Å². The van der Waals surface area contributed by atoms with Crippen molar-refractivity contribution in [3.05, 3.63) is 0 Å². The molecule has 9 nitrogen and oxygen atoms in total. The number of hydrogen-bond acceptors (Lipinski definition) is 8. The number of aliphatic hydroxyl groups excluding tert-OH is 3. The van der Waals surface area contributed by atoms with Crippen LogP contribution in [0.25, 0.3) is 0 Å². The summed E-state index contributed by atoms with van der Waals surface area (Å²) in [5.74, 6) is -2.43. The molecule has 1 aliphatic heterocycles. The minimum absolute atomic E-state index is 0. The van der Waals surface area contributed by atoms with Crippen molar-refractivity contribution < 1.29 is 29.6 Å². The molecule has 0 saturated carbocycles. The lowest BCUT2D eigenvalue weighted by molar-refractivity contribution is -0.309. The monoisotopic (exact) mass is 762 g/mol. The highest BCUT2D eigenvalue weighted by molar-refractivity contribution is 5.85. The second-order valence-electron chi connectivity index (χ2n) is 16.2. The smallest absolute Gasteiger partial charge is 0.227 e. The lowest BCUT2D eigenvalue weighted by Gasteiger charge is -2.51. The fourth-order valence-electron chi connectivity index (χ4n) is 7.44. The zero-order valence-electron chi connectivity index (χ0n) is 34.0. The molecule has 10 heteroatoms. The maximum absolute atomic E-state index is 13.8. The van der Waals surface area contributed by atoms with Crippen LogP contribution in [0, 0.1) is 5.92 Å². The van der Waals surface area contributed by atoms with Crippen LogP contribution in [-0.2, 0) is 14.3 Å². The summed E-state index contributed by atoms with van der Waals surface area (Å²) in [6.07, 6.45) is 24.2. The Kier molecular flexibility index (Phi) is 30.9. The third-order valence-electron chi connectivity index (χ3n) is 10.8. The lowest BCUT2D eigenvalue weighted by Crippen LogP contribution is -2.76. The minimum atomic E-state index is -2.07. The first-order valence-electron chi connectivity index (χ1n) is 21.6. The number of carbonyl (C=O) groups excluding carboxylic acids is 2. The number of hydrogen-bond donors (Lipinski definition) is 5. The highest BCUT2D eigenvalue weighted by Crippen LogP contribution is 2.32. The average Bonchev–Trinajstić information content (AvgIpc) is 3.09. The van der Waals surface area contributed by atoms with E-state index in [0.29, 0.717) is 19.3 Å². The van der Waals surface area contributed by atoms with E-state index >= 15 is 0 Å². The first-order chi connectivity index (χ1) is 24.5. The molecule has 0 bridgehead atoms. The van der Waals surface area contributed by atoms with Gasteiger partial charge in [0.2, 0.25) is 11.8 Å². The number of nitrogens with zero attached hydrogens (tertiary/aromatic N) is 1. The van der Waals surface area contributed by atoms with Gasteiger partial charge in [-0.2, -0.15) is 0 Å². The standard InChI is InChI=1S/C42H83N3O6.ClH/c1-5-7-9-11-13-15-16-17-18-19-20-21-23-25-27-29-31-45(38(47)30-28-26-24-22-14-12-10-8-6-2)42(44)41(50)40(49)39(48)37(51-42)33-36(46)35(43)32-34(3)4;/h34-35,37,39-41,48-50H,5-33,43-44H2,1-4H3;1H/t35-,37+,39+,40-,41+,42-;/m0./s1. The molecule has 1 fully saturated rings. The lowest BCUT2D eigenvalue weighted by atomic mass is 9.89. The van der Waals surface area contributed by atoms with Crippen LogP contribution in [0.4, 0.5) is 0 Å². The number of unbranched alkanes of at least 4 members (excludes halogenated alkanes) is 23. The summed E-state index contributed by atoms with van der Waals surface area (Å²) < 4.78 is 6.10. The van der Waals surface area contributed by atoms with Gasteiger partial charge in [0.05, 0.1) is 12.1 Å². The topological polar surface area (TPSA) is 159 Å². The Hall–Kier alpha value is -0.810. The van der Waals surface area contributed by atoms with Crippen molar-refractivity contribution in [3.8, 4) is 0 Å². The molecule has 0 aromatic rings. The Labute approximate surface area is 325 Å². The number of aliphatic hydroxyl groups is 3. The number of nitrogens with two attached hydrogens (primary N) is 2. The van der Waals surface area contributed by atoms with Crippen molar-refractivity contribution in [2.75, 3.05) is 6.54 Å². The Morgan fingerprint density at radius 3 is 1.44 bits per heavy atom. The Bertz CT molecular complexity index is 883. The normalized spacial score (nSPS) is 22.3. The molecule has 0 unspecified atom stereocenters. The van der Waals surface area contributed by atoms with Gasteiger partial charge < -0.3 is 25.8 Å². The predicted molar refractivity (Wildman–Crippen MR) is 217 cm³/mol. The van der Waals surface area contributed by atoms with Gasteiger partial charge in [0, 0.05) is 19.4 Å². The molecule has 1 saturated heterocycles. The first-order valence-corrected chi connectivity index (χ1v) is 21.6. The highest BCUT2D eigenvalue weighted by atomic mass is 35.5. The van der Waals surface area contributed by atoms with Crippen LogP contribution >= 0.6 is 12.4 Å². The number of ketones is 1. The second kappa shape index (κ2) is 31.4. The van der Waals surface area contributed by atoms with Crippen molar-refractivity contribution >= 4 is 24.1 Å². The van der Waals surface area contributed by atoms with Gasteiger partial charge in [0.15, 0.2) is 5.78 Å². The van der Waals surface area contributed by atoms with E-state index in [1.807, 2.05) is 13.8 Å². The van der Waals surface area contributed by atoms with Gasteiger partial charge in [-0.25, -0.2) is 0 Å². The summed E-state index contributed by atoms with van der Waals surface area (Å²) in [6.45, 7) is 8.69. The van der Waals surface area contributed by atoms with Crippen LogP contribution in [0.5, 0.6) is 0 Å². The number of Topliss-reactive ketones (excluding diaryl/α,β-unsaturated/α-hetero) is 1. The van der Waals surface area contributed by atoms with E-state index < -0.39 is 36.3 Å². The van der Waals surface area contributed by atoms with Crippen LogP contribution in [0.1, 0.15) is 207 Å². The van der Waals surface area contributed by atoms with Crippen molar-refractivity contribution in [3.63, 3.8) is 0 Å². The number of rotatable bonds is 33. The number of ether oxygens (including phenoxy) is 1. The van der Waals surface area contributed by atoms with Crippen molar-refractivity contribution in [2.45, 2.75) is 244 Å². The van der Waals surface area contributed by atoms with E-state index in [2.05, 4.69) is 13.8 Å². The van der Waals surface area contributed by atoms with Crippen LogP contribution in [0.2, 0.25) is 0 Å². The quantitative estimate of drug-likeness (QED) is 0.0328. The van der Waals surface area contributed by atoms with Gasteiger partial charge >= 0.3 is 0 Å². The largest absolute Gasteiger partial charge is 0.388 e. The minimum Gasteiger partial charge on any atom is -0.388 e. The van der Waals surface area contributed by atoms with E-state index in [4.69, 9.17) is 16.2 Å². The van der Waals surface area contributed by atoms with Crippen molar-refractivity contribution in [2.24, 2.45) is 17.4 Å². The number of halogens is 1. The van der Waals surface area contributed by atoms with Gasteiger partial charge in [0.25, 0.3) is 0 Å². The van der Waals surface area contributed by atoms with Crippen LogP contribution in [0.15, 0.2) is 0 Å². The average molecular weight is 763 g/mol. The fraction of sp³-hybridized carbons (Fsp3) is 0.952. The Balaban J connectivity index is 0.0000260. The summed E-state index contributed by atoms with van der Waals surface area (Å²) in [5, 5.41) is 32.9. The SMILES string of the molecule is CCCCCCCCCCCCCCCCCCN(C(=O)CCCCCCCCCCC)[C@]1(N)O[C@H](CC(=O)[C@@H](N)CC(C)C)[C@@H](O)[C@H](O)[C@H]1O.Cl. The molecule has 0 radical (unpaired) electrons. The summed E-state index contributed by atoms with van der Waals surface area (Å²) in [5.41, 5.74) is 12.8. The molecule has 0 spiro atoms. The van der Waals surface area contributed by atoms with Crippen LogP contribution < -0.4 is 11.5 Å². The maximum atomic E-state index is 13.8. The van der Waals surface area contributed by atoms with E-state index in [-0.39, 0.29) is 49.4 Å². The molecular formula is C42H84ClN3O6. The molecule has 310 valence electrons. The molecule has 0 aromatic heterocycles. The number of carbonyl (C=O) groups is 2. The van der Waals surface area contributed by atoms with Gasteiger partial charge in [-0.1, -0.05) is 175 Å². The van der Waals surface area contributed by atoms with Crippen LogP contribution in [-0.4, -0.2) is 74.8 Å². The van der Waals surface area contributed by atoms with E-state index in [1.165, 1.54) is 114 Å². The van der Waals surface area contributed by atoms with Crippen LogP contribution in [0.3, 0.4) is 0 Å². The maximum Gasteiger partial charge on any atom is 0.227 e. The molecule has 0 aliphatic carbocycles. The molecule has 7 N–H and O–H groups in total. The Morgan fingerprint density at radius 1 is 0.654 bits per heavy atom. The Morgan fingerprint density at radius 2 is 1.04 bits per heavy atom. The van der Waals surface area contributed by atoms with Crippen molar-refractivity contribution in [1.29, 1.82) is 0 Å². The zero-order valence-corrected chi connectivity index (χ0v) is 34.9. The molecule has 0 aromatic carbocycles.